The number of carbonyl (C=O) groups excluding carboxylic acids is 3. The maximum atomic E-state index is 13.6. The van der Waals surface area contributed by atoms with Gasteiger partial charge in [-0.15, -0.1) is 11.8 Å². The van der Waals surface area contributed by atoms with E-state index in [9.17, 15) is 14.4 Å². The Morgan fingerprint density at radius 3 is 2.11 bits per heavy atom. The Morgan fingerprint density at radius 2 is 1.41 bits per heavy atom. The summed E-state index contributed by atoms with van der Waals surface area (Å²) in [5.74, 6) is 0.507. The lowest BCUT2D eigenvalue weighted by Gasteiger charge is -2.15. The first-order chi connectivity index (χ1) is 21.3. The van der Waals surface area contributed by atoms with Gasteiger partial charge in [0.2, 0.25) is 5.91 Å². The zero-order valence-corrected chi connectivity index (χ0v) is 25.6. The van der Waals surface area contributed by atoms with Crippen LogP contribution >= 0.6 is 11.8 Å². The highest BCUT2D eigenvalue weighted by atomic mass is 32.2. The molecule has 0 fully saturated rings. The van der Waals surface area contributed by atoms with E-state index in [0.717, 1.165) is 4.90 Å². The van der Waals surface area contributed by atoms with E-state index < -0.39 is 17.1 Å². The van der Waals surface area contributed by atoms with Gasteiger partial charge in [-0.05, 0) is 73.7 Å². The number of nitrogens with one attached hydrogen (secondary N) is 3. The molecule has 0 radical (unpaired) electrons. The third kappa shape index (κ3) is 8.65. The van der Waals surface area contributed by atoms with Crippen LogP contribution in [-0.2, 0) is 9.59 Å². The third-order valence-corrected chi connectivity index (χ3v) is 7.47. The summed E-state index contributed by atoms with van der Waals surface area (Å²) in [5.41, 5.74) is 2.04. The second-order valence-corrected chi connectivity index (χ2v) is 10.9. The quantitative estimate of drug-likeness (QED) is 0.128. The third-order valence-electron chi connectivity index (χ3n) is 6.38. The van der Waals surface area contributed by atoms with Crippen molar-refractivity contribution in [3.8, 4) is 17.2 Å². The van der Waals surface area contributed by atoms with E-state index in [1.807, 2.05) is 6.07 Å². The van der Waals surface area contributed by atoms with Crippen LogP contribution in [0, 0.1) is 0 Å². The number of anilines is 2. The first-order valence-corrected chi connectivity index (χ1v) is 14.5. The Morgan fingerprint density at radius 1 is 0.727 bits per heavy atom. The monoisotopic (exact) mass is 611 g/mol. The van der Waals surface area contributed by atoms with Gasteiger partial charge in [-0.1, -0.05) is 30.3 Å². The smallest absolute Gasteiger partial charge is 0.272 e. The lowest BCUT2D eigenvalue weighted by atomic mass is 10.1. The van der Waals surface area contributed by atoms with Crippen molar-refractivity contribution in [3.63, 3.8) is 0 Å². The van der Waals surface area contributed by atoms with Gasteiger partial charge in [0.25, 0.3) is 11.8 Å². The van der Waals surface area contributed by atoms with Crippen LogP contribution in [0.5, 0.6) is 17.2 Å². The van der Waals surface area contributed by atoms with Crippen molar-refractivity contribution in [2.45, 2.75) is 17.1 Å². The number of methoxy groups -OCH3 is 3. The van der Waals surface area contributed by atoms with Gasteiger partial charge < -0.3 is 30.2 Å². The Bertz CT molecular complexity index is 1660. The van der Waals surface area contributed by atoms with Gasteiger partial charge in [0.05, 0.1) is 26.6 Å². The number of hydrogen-bond acceptors (Lipinski definition) is 7. The molecule has 0 saturated carbocycles. The molecule has 1 unspecified atom stereocenters. The standard InChI is InChI=1S/C34H33N3O6S/c1-22(32(38)35-25-12-8-14-27(20-25)41-2)44-29-15-9-13-26(21-29)36-34(40)30(37-33(39)23-10-6-5-7-11-23)19-24-18-28(42-3)16-17-31(24)43-4/h5-22H,1-4H3,(H,35,38)(H,36,40)(H,37,39)/b30-19+. The van der Waals surface area contributed by atoms with Crippen LogP contribution in [0.15, 0.2) is 108 Å². The first-order valence-electron chi connectivity index (χ1n) is 13.6. The molecule has 3 N–H and O–H groups in total. The number of hydrogen-bond donors (Lipinski definition) is 3. The number of carbonyl (C=O) groups is 3. The fraction of sp³-hybridized carbons (Fsp3) is 0.147. The highest BCUT2D eigenvalue weighted by molar-refractivity contribution is 8.00. The predicted molar refractivity (Wildman–Crippen MR) is 173 cm³/mol. The molecular weight excluding hydrogens is 578 g/mol. The van der Waals surface area contributed by atoms with Gasteiger partial charge in [0.15, 0.2) is 0 Å². The molecule has 0 bridgehead atoms. The summed E-state index contributed by atoms with van der Waals surface area (Å²) in [6, 6.07) is 28.0. The second kappa shape index (κ2) is 15.3. The summed E-state index contributed by atoms with van der Waals surface area (Å²) in [6.07, 6.45) is 1.53. The molecule has 1 atom stereocenters. The van der Waals surface area contributed by atoms with Crippen molar-refractivity contribution < 1.29 is 28.6 Å². The van der Waals surface area contributed by atoms with E-state index in [1.54, 1.807) is 105 Å². The van der Waals surface area contributed by atoms with Crippen molar-refractivity contribution >= 4 is 46.9 Å². The van der Waals surface area contributed by atoms with Crippen molar-refractivity contribution in [1.82, 2.24) is 5.32 Å². The van der Waals surface area contributed by atoms with Crippen LogP contribution in [0.2, 0.25) is 0 Å². The normalized spacial score (nSPS) is 11.6. The van der Waals surface area contributed by atoms with Crippen molar-refractivity contribution in [3.05, 3.63) is 114 Å². The van der Waals surface area contributed by atoms with Crippen LogP contribution in [0.1, 0.15) is 22.8 Å². The minimum Gasteiger partial charge on any atom is -0.497 e. The summed E-state index contributed by atoms with van der Waals surface area (Å²) < 4.78 is 16.0. The summed E-state index contributed by atoms with van der Waals surface area (Å²) in [6.45, 7) is 1.80. The molecule has 10 heteroatoms. The first kappa shape index (κ1) is 31.7. The van der Waals surface area contributed by atoms with E-state index in [1.165, 1.54) is 32.1 Å². The van der Waals surface area contributed by atoms with Crippen LogP contribution in [0.3, 0.4) is 0 Å². The minimum absolute atomic E-state index is 0.00510. The molecule has 0 aromatic heterocycles. The molecular formula is C34H33N3O6S. The average molecular weight is 612 g/mol. The summed E-state index contributed by atoms with van der Waals surface area (Å²) in [5, 5.41) is 8.05. The Balaban J connectivity index is 1.53. The van der Waals surface area contributed by atoms with Gasteiger partial charge in [0, 0.05) is 33.5 Å². The zero-order chi connectivity index (χ0) is 31.5. The lowest BCUT2D eigenvalue weighted by molar-refractivity contribution is -0.115. The largest absolute Gasteiger partial charge is 0.497 e. The van der Waals surface area contributed by atoms with Gasteiger partial charge in [0.1, 0.15) is 22.9 Å². The fourth-order valence-corrected chi connectivity index (χ4v) is 5.02. The predicted octanol–water partition coefficient (Wildman–Crippen LogP) is 6.24. The van der Waals surface area contributed by atoms with Crippen LogP contribution < -0.4 is 30.2 Å². The SMILES string of the molecule is COc1cccc(NC(=O)C(C)Sc2cccc(NC(=O)/C(=C\c3cc(OC)ccc3OC)NC(=O)c3ccccc3)c2)c1. The molecule has 4 rings (SSSR count). The molecule has 0 saturated heterocycles. The van der Waals surface area contributed by atoms with E-state index in [2.05, 4.69) is 16.0 Å². The highest BCUT2D eigenvalue weighted by Gasteiger charge is 2.18. The molecule has 0 aliphatic rings. The number of benzene rings is 4. The Labute approximate surface area is 260 Å². The lowest BCUT2D eigenvalue weighted by Crippen LogP contribution is -2.30. The molecule has 4 aromatic carbocycles. The number of rotatable bonds is 12. The molecule has 0 spiro atoms. The van der Waals surface area contributed by atoms with Gasteiger partial charge in [-0.25, -0.2) is 0 Å². The summed E-state index contributed by atoms with van der Waals surface area (Å²) in [7, 11) is 4.62. The van der Waals surface area contributed by atoms with E-state index in [-0.39, 0.29) is 11.6 Å². The molecule has 9 nitrogen and oxygen atoms in total. The Hall–Kier alpha value is -5.22. The maximum absolute atomic E-state index is 13.6. The molecule has 3 amide bonds. The van der Waals surface area contributed by atoms with E-state index >= 15 is 0 Å². The van der Waals surface area contributed by atoms with Crippen molar-refractivity contribution in [2.75, 3.05) is 32.0 Å². The summed E-state index contributed by atoms with van der Waals surface area (Å²) in [4.78, 5) is 40.3. The number of ether oxygens (including phenoxy) is 3. The molecule has 4 aromatic rings. The van der Waals surface area contributed by atoms with Gasteiger partial charge >= 0.3 is 0 Å². The van der Waals surface area contributed by atoms with E-state index in [0.29, 0.717) is 39.8 Å². The maximum Gasteiger partial charge on any atom is 0.272 e. The number of thioether (sulfide) groups is 1. The fourth-order valence-electron chi connectivity index (χ4n) is 4.10. The topological polar surface area (TPSA) is 115 Å². The highest BCUT2D eigenvalue weighted by Crippen LogP contribution is 2.29. The number of amides is 3. The van der Waals surface area contributed by atoms with E-state index in [4.69, 9.17) is 14.2 Å². The average Bonchev–Trinajstić information content (AvgIpc) is 3.04. The van der Waals surface area contributed by atoms with Crippen molar-refractivity contribution in [1.29, 1.82) is 0 Å². The second-order valence-electron chi connectivity index (χ2n) is 9.45. The Kier molecular flexibility index (Phi) is 11.0. The molecule has 0 heterocycles. The van der Waals surface area contributed by atoms with Gasteiger partial charge in [-0.3, -0.25) is 14.4 Å². The van der Waals surface area contributed by atoms with Crippen LogP contribution in [-0.4, -0.2) is 44.3 Å². The molecule has 226 valence electrons. The molecule has 0 aliphatic carbocycles. The minimum atomic E-state index is -0.551. The van der Waals surface area contributed by atoms with Crippen molar-refractivity contribution in [2.24, 2.45) is 0 Å². The molecule has 44 heavy (non-hydrogen) atoms. The van der Waals surface area contributed by atoms with Crippen LogP contribution in [0.25, 0.3) is 6.08 Å². The van der Waals surface area contributed by atoms with Gasteiger partial charge in [-0.2, -0.15) is 0 Å². The summed E-state index contributed by atoms with van der Waals surface area (Å²) >= 11 is 1.34. The van der Waals surface area contributed by atoms with Crippen LogP contribution in [0.4, 0.5) is 11.4 Å². The molecule has 0 aliphatic heterocycles. The zero-order valence-electron chi connectivity index (χ0n) is 24.8.